The molecule has 0 saturated carbocycles. The van der Waals surface area contributed by atoms with Crippen LogP contribution in [-0.2, 0) is 11.3 Å². The molecule has 0 aliphatic carbocycles. The Hall–Kier alpha value is -2.93. The number of hydrogen-bond acceptors (Lipinski definition) is 4. The maximum atomic E-state index is 11.8. The third-order valence-electron chi connectivity index (χ3n) is 3.77. The van der Waals surface area contributed by atoms with Gasteiger partial charge in [0, 0.05) is 30.3 Å². The van der Waals surface area contributed by atoms with Gasteiger partial charge in [-0.15, -0.1) is 0 Å². The Kier molecular flexibility index (Phi) is 3.94. The lowest BCUT2D eigenvalue weighted by Crippen LogP contribution is -2.22. The average Bonchev–Trinajstić information content (AvgIpc) is 2.79. The van der Waals surface area contributed by atoms with Crippen LogP contribution in [0.2, 0.25) is 0 Å². The van der Waals surface area contributed by atoms with Gasteiger partial charge in [-0.05, 0) is 19.1 Å². The lowest BCUT2D eigenvalue weighted by molar-refractivity contribution is -0.114. The number of fused-ring (bicyclic) bond motifs is 3. The van der Waals surface area contributed by atoms with Crippen LogP contribution in [0.4, 0.5) is 5.82 Å². The lowest BCUT2D eigenvalue weighted by Gasteiger charge is -2.11. The molecule has 0 aliphatic heterocycles. The number of nitrogens with two attached hydrogens (primary N) is 2. The molecule has 0 fully saturated rings. The second-order valence-corrected chi connectivity index (χ2v) is 5.91. The number of primary amides is 1. The van der Waals surface area contributed by atoms with Crippen molar-refractivity contribution in [2.24, 2.45) is 11.5 Å². The summed E-state index contributed by atoms with van der Waals surface area (Å²) < 4.78 is 1.99. The van der Waals surface area contributed by atoms with Gasteiger partial charge in [0.2, 0.25) is 5.91 Å². The van der Waals surface area contributed by atoms with Crippen LogP contribution in [0.25, 0.3) is 21.9 Å². The van der Waals surface area contributed by atoms with Crippen molar-refractivity contribution in [2.45, 2.75) is 26.4 Å². The Morgan fingerprint density at radius 1 is 1.29 bits per heavy atom. The number of benzene rings is 1. The molecule has 2 aromatic heterocycles. The summed E-state index contributed by atoms with van der Waals surface area (Å²) in [4.78, 5) is 27.7. The van der Waals surface area contributed by atoms with Gasteiger partial charge in [0.05, 0.1) is 11.1 Å². The minimum Gasteiger partial charge on any atom is -0.365 e. The van der Waals surface area contributed by atoms with Gasteiger partial charge >= 0.3 is 0 Å². The number of anilines is 1. The molecule has 0 radical (unpaired) electrons. The molecule has 7 heteroatoms. The van der Waals surface area contributed by atoms with Gasteiger partial charge in [-0.3, -0.25) is 9.59 Å². The number of carbonyl (C=O) groups excluding carboxylic acids is 2. The molecule has 2 heterocycles. The first-order valence-corrected chi connectivity index (χ1v) is 7.63. The molecule has 3 aromatic rings. The van der Waals surface area contributed by atoms with Gasteiger partial charge in [0.1, 0.15) is 11.5 Å². The van der Waals surface area contributed by atoms with Crippen LogP contribution in [0.5, 0.6) is 0 Å². The van der Waals surface area contributed by atoms with Crippen molar-refractivity contribution < 1.29 is 9.59 Å². The van der Waals surface area contributed by atoms with Crippen LogP contribution >= 0.6 is 0 Å². The van der Waals surface area contributed by atoms with Crippen molar-refractivity contribution in [3.8, 4) is 0 Å². The van der Waals surface area contributed by atoms with Crippen molar-refractivity contribution in [1.29, 1.82) is 0 Å². The van der Waals surface area contributed by atoms with E-state index in [1.165, 1.54) is 6.92 Å². The summed E-state index contributed by atoms with van der Waals surface area (Å²) in [6, 6.07) is 9.38. The van der Waals surface area contributed by atoms with E-state index in [2.05, 4.69) is 10.3 Å². The summed E-state index contributed by atoms with van der Waals surface area (Å²) in [7, 11) is 0. The number of aromatic nitrogens is 2. The summed E-state index contributed by atoms with van der Waals surface area (Å²) in [6.07, 6.45) is 0. The van der Waals surface area contributed by atoms with Crippen LogP contribution in [0.1, 0.15) is 24.2 Å². The molecule has 124 valence electrons. The summed E-state index contributed by atoms with van der Waals surface area (Å²) in [6.45, 7) is 3.83. The van der Waals surface area contributed by atoms with E-state index < -0.39 is 5.91 Å². The van der Waals surface area contributed by atoms with Crippen LogP contribution in [0.15, 0.2) is 30.3 Å². The zero-order chi connectivity index (χ0) is 17.4. The average molecular weight is 325 g/mol. The summed E-state index contributed by atoms with van der Waals surface area (Å²) in [5, 5.41) is 4.33. The van der Waals surface area contributed by atoms with E-state index in [1.54, 1.807) is 6.07 Å². The molecule has 3 rings (SSSR count). The van der Waals surface area contributed by atoms with Gasteiger partial charge in [-0.25, -0.2) is 4.98 Å². The van der Waals surface area contributed by atoms with E-state index in [4.69, 9.17) is 11.5 Å². The minimum atomic E-state index is -0.642. The van der Waals surface area contributed by atoms with E-state index in [1.807, 2.05) is 35.8 Å². The molecule has 5 N–H and O–H groups in total. The second kappa shape index (κ2) is 5.93. The van der Waals surface area contributed by atoms with Crippen LogP contribution in [0, 0.1) is 0 Å². The van der Waals surface area contributed by atoms with E-state index in [9.17, 15) is 9.59 Å². The third kappa shape index (κ3) is 2.69. The number of pyridine rings is 1. The Bertz CT molecular complexity index is 958. The van der Waals surface area contributed by atoms with Gasteiger partial charge in [-0.1, -0.05) is 18.2 Å². The Labute approximate surface area is 138 Å². The highest BCUT2D eigenvalue weighted by Gasteiger charge is 2.19. The smallest absolute Gasteiger partial charge is 0.252 e. The first-order valence-electron chi connectivity index (χ1n) is 7.63. The van der Waals surface area contributed by atoms with Crippen molar-refractivity contribution in [3.05, 3.63) is 35.9 Å². The molecular formula is C17H19N5O2. The lowest BCUT2D eigenvalue weighted by atomic mass is 10.1. The number of carbonyl (C=O) groups is 2. The summed E-state index contributed by atoms with van der Waals surface area (Å²) in [5.74, 6) is -0.799. The van der Waals surface area contributed by atoms with Crippen LogP contribution < -0.4 is 16.8 Å². The SMILES string of the molecule is CC(=O)Nc1nc2c(cc1C(N)=O)c1ccccc1n2C[C@H](C)N. The van der Waals surface area contributed by atoms with Crippen LogP contribution in [0.3, 0.4) is 0 Å². The monoisotopic (exact) mass is 325 g/mol. The maximum Gasteiger partial charge on any atom is 0.252 e. The molecule has 1 atom stereocenters. The van der Waals surface area contributed by atoms with Gasteiger partial charge in [0.15, 0.2) is 0 Å². The molecule has 7 nitrogen and oxygen atoms in total. The Morgan fingerprint density at radius 2 is 2.00 bits per heavy atom. The molecule has 0 saturated heterocycles. The fraction of sp³-hybridized carbons (Fsp3) is 0.235. The predicted octanol–water partition coefficient (Wildman–Crippen LogP) is 1.59. The first-order chi connectivity index (χ1) is 11.4. The Morgan fingerprint density at radius 3 is 2.62 bits per heavy atom. The number of para-hydroxylation sites is 1. The standard InChI is InChI=1S/C17H19N5O2/c1-9(18)8-22-14-6-4-3-5-11(14)12-7-13(15(19)24)16(20-10(2)23)21-17(12)22/h3-7,9H,8,18H2,1-2H3,(H2,19,24)(H,20,21,23)/t9-/m0/s1. The molecule has 2 amide bonds. The van der Waals surface area contributed by atoms with E-state index in [0.29, 0.717) is 12.2 Å². The molecule has 0 unspecified atom stereocenters. The zero-order valence-electron chi connectivity index (χ0n) is 13.5. The van der Waals surface area contributed by atoms with Crippen molar-refractivity contribution in [2.75, 3.05) is 5.32 Å². The van der Waals surface area contributed by atoms with E-state index >= 15 is 0 Å². The number of nitrogens with one attached hydrogen (secondary N) is 1. The van der Waals surface area contributed by atoms with Crippen LogP contribution in [-0.4, -0.2) is 27.4 Å². The normalized spacial score (nSPS) is 12.5. The molecular weight excluding hydrogens is 306 g/mol. The molecule has 0 bridgehead atoms. The minimum absolute atomic E-state index is 0.0779. The number of hydrogen-bond donors (Lipinski definition) is 3. The quantitative estimate of drug-likeness (QED) is 0.675. The van der Waals surface area contributed by atoms with Crippen molar-refractivity contribution >= 4 is 39.6 Å². The fourth-order valence-corrected chi connectivity index (χ4v) is 2.88. The number of amides is 2. The molecule has 0 spiro atoms. The van der Waals surface area contributed by atoms with Gasteiger partial charge in [-0.2, -0.15) is 0 Å². The van der Waals surface area contributed by atoms with Gasteiger partial charge in [0.25, 0.3) is 5.91 Å². The highest BCUT2D eigenvalue weighted by atomic mass is 16.2. The molecule has 24 heavy (non-hydrogen) atoms. The van der Waals surface area contributed by atoms with E-state index in [0.717, 1.165) is 16.3 Å². The number of nitrogens with zero attached hydrogens (tertiary/aromatic N) is 2. The van der Waals surface area contributed by atoms with Crippen molar-refractivity contribution in [3.63, 3.8) is 0 Å². The maximum absolute atomic E-state index is 11.8. The highest BCUT2D eigenvalue weighted by molar-refractivity contribution is 6.11. The molecule has 0 aliphatic rings. The predicted molar refractivity (Wildman–Crippen MR) is 93.7 cm³/mol. The van der Waals surface area contributed by atoms with Crippen molar-refractivity contribution in [1.82, 2.24) is 9.55 Å². The number of rotatable bonds is 4. The summed E-state index contributed by atoms with van der Waals surface area (Å²) >= 11 is 0. The fourth-order valence-electron chi connectivity index (χ4n) is 2.88. The first kappa shape index (κ1) is 15.9. The third-order valence-corrected chi connectivity index (χ3v) is 3.77. The molecule has 1 aromatic carbocycles. The van der Waals surface area contributed by atoms with Gasteiger partial charge < -0.3 is 21.4 Å². The topological polar surface area (TPSA) is 116 Å². The second-order valence-electron chi connectivity index (χ2n) is 5.91. The van der Waals surface area contributed by atoms with E-state index in [-0.39, 0.29) is 23.3 Å². The zero-order valence-corrected chi connectivity index (χ0v) is 13.5. The largest absolute Gasteiger partial charge is 0.365 e. The highest BCUT2D eigenvalue weighted by Crippen LogP contribution is 2.31. The Balaban J connectivity index is 2.39. The summed E-state index contributed by atoms with van der Waals surface area (Å²) in [5.41, 5.74) is 13.2.